The van der Waals surface area contributed by atoms with Crippen LogP contribution in [-0.4, -0.2) is 6.54 Å². The van der Waals surface area contributed by atoms with E-state index in [1.165, 1.54) is 5.56 Å². The van der Waals surface area contributed by atoms with Crippen LogP contribution >= 0.6 is 0 Å². The SMILES string of the molecule is C=CC[C@H](CN)c1ccccc1.[H-].[Li+]. The first-order valence-corrected chi connectivity index (χ1v) is 4.24. The Labute approximate surface area is 93.7 Å². The average molecular weight is 169 g/mol. The van der Waals surface area contributed by atoms with E-state index < -0.39 is 0 Å². The molecular formula is C11H16LiN. The van der Waals surface area contributed by atoms with Gasteiger partial charge >= 0.3 is 18.9 Å². The first kappa shape index (κ1) is 12.5. The van der Waals surface area contributed by atoms with Crippen molar-refractivity contribution in [3.63, 3.8) is 0 Å². The van der Waals surface area contributed by atoms with E-state index in [0.29, 0.717) is 12.5 Å². The molecule has 0 spiro atoms. The van der Waals surface area contributed by atoms with Gasteiger partial charge in [0, 0.05) is 0 Å². The molecule has 0 aliphatic rings. The third-order valence-corrected chi connectivity index (χ3v) is 2.01. The summed E-state index contributed by atoms with van der Waals surface area (Å²) >= 11 is 0. The van der Waals surface area contributed by atoms with E-state index in [-0.39, 0.29) is 20.3 Å². The van der Waals surface area contributed by atoms with Crippen molar-refractivity contribution in [1.29, 1.82) is 0 Å². The quantitative estimate of drug-likeness (QED) is 0.473. The van der Waals surface area contributed by atoms with Gasteiger partial charge in [0.15, 0.2) is 0 Å². The maximum atomic E-state index is 5.64. The maximum absolute atomic E-state index is 5.64. The van der Waals surface area contributed by atoms with Crippen LogP contribution in [0.2, 0.25) is 0 Å². The summed E-state index contributed by atoms with van der Waals surface area (Å²) in [4.78, 5) is 0. The molecule has 0 unspecified atom stereocenters. The smallest absolute Gasteiger partial charge is 1.00 e. The van der Waals surface area contributed by atoms with Gasteiger partial charge in [0.1, 0.15) is 0 Å². The zero-order chi connectivity index (χ0) is 8.81. The summed E-state index contributed by atoms with van der Waals surface area (Å²) in [7, 11) is 0. The minimum atomic E-state index is 0. The van der Waals surface area contributed by atoms with Crippen molar-refractivity contribution < 1.29 is 20.3 Å². The molecule has 0 aliphatic heterocycles. The van der Waals surface area contributed by atoms with Gasteiger partial charge in [0.25, 0.3) is 0 Å². The van der Waals surface area contributed by atoms with Crippen molar-refractivity contribution in [2.75, 3.05) is 6.54 Å². The molecule has 2 heteroatoms. The molecule has 1 nitrogen and oxygen atoms in total. The maximum Gasteiger partial charge on any atom is 1.00 e. The summed E-state index contributed by atoms with van der Waals surface area (Å²) in [5, 5.41) is 0. The van der Waals surface area contributed by atoms with Crippen LogP contribution in [0.4, 0.5) is 0 Å². The summed E-state index contributed by atoms with van der Waals surface area (Å²) in [6, 6.07) is 10.3. The van der Waals surface area contributed by atoms with E-state index in [2.05, 4.69) is 18.7 Å². The number of hydrogen-bond acceptors (Lipinski definition) is 1. The molecule has 1 rings (SSSR count). The molecule has 0 saturated carbocycles. The second-order valence-electron chi connectivity index (χ2n) is 2.87. The van der Waals surface area contributed by atoms with E-state index in [4.69, 9.17) is 5.73 Å². The van der Waals surface area contributed by atoms with E-state index in [0.717, 1.165) is 6.42 Å². The fraction of sp³-hybridized carbons (Fsp3) is 0.273. The summed E-state index contributed by atoms with van der Waals surface area (Å²) in [5.74, 6) is 0.434. The van der Waals surface area contributed by atoms with Gasteiger partial charge < -0.3 is 7.16 Å². The van der Waals surface area contributed by atoms with Crippen molar-refractivity contribution in [2.24, 2.45) is 5.73 Å². The van der Waals surface area contributed by atoms with Crippen molar-refractivity contribution >= 4 is 0 Å². The molecule has 66 valence electrons. The van der Waals surface area contributed by atoms with Crippen LogP contribution in [0.15, 0.2) is 43.0 Å². The van der Waals surface area contributed by atoms with Crippen molar-refractivity contribution in [1.82, 2.24) is 0 Å². The second-order valence-corrected chi connectivity index (χ2v) is 2.87. The fourth-order valence-corrected chi connectivity index (χ4v) is 1.29. The Bertz CT molecular complexity index is 238. The molecule has 0 amide bonds. The Morgan fingerprint density at radius 1 is 1.38 bits per heavy atom. The zero-order valence-corrected chi connectivity index (χ0v) is 8.24. The third kappa shape index (κ3) is 3.82. The van der Waals surface area contributed by atoms with E-state index >= 15 is 0 Å². The first-order valence-electron chi connectivity index (χ1n) is 4.24. The molecule has 0 saturated heterocycles. The minimum absolute atomic E-state index is 0. The van der Waals surface area contributed by atoms with Crippen LogP contribution in [0.3, 0.4) is 0 Å². The Morgan fingerprint density at radius 3 is 2.46 bits per heavy atom. The van der Waals surface area contributed by atoms with Crippen LogP contribution in [0.25, 0.3) is 0 Å². The van der Waals surface area contributed by atoms with E-state index in [1.807, 2.05) is 24.3 Å². The summed E-state index contributed by atoms with van der Waals surface area (Å²) in [6.45, 7) is 4.41. The summed E-state index contributed by atoms with van der Waals surface area (Å²) in [5.41, 5.74) is 6.95. The van der Waals surface area contributed by atoms with Gasteiger partial charge in [-0.3, -0.25) is 0 Å². The Hall–Kier alpha value is -0.483. The number of hydrogen-bond donors (Lipinski definition) is 1. The Morgan fingerprint density at radius 2 is 2.00 bits per heavy atom. The van der Waals surface area contributed by atoms with Crippen LogP contribution in [0.5, 0.6) is 0 Å². The molecular weight excluding hydrogens is 153 g/mol. The van der Waals surface area contributed by atoms with E-state index in [1.54, 1.807) is 0 Å². The molecule has 0 fully saturated rings. The van der Waals surface area contributed by atoms with Gasteiger partial charge in [-0.15, -0.1) is 6.58 Å². The van der Waals surface area contributed by atoms with Crippen molar-refractivity contribution in [2.45, 2.75) is 12.3 Å². The first-order chi connectivity index (χ1) is 5.88. The molecule has 1 atom stereocenters. The van der Waals surface area contributed by atoms with E-state index in [9.17, 15) is 0 Å². The van der Waals surface area contributed by atoms with Gasteiger partial charge in [0.05, 0.1) is 0 Å². The molecule has 0 heterocycles. The predicted molar refractivity (Wildman–Crippen MR) is 54.2 cm³/mol. The monoisotopic (exact) mass is 169 g/mol. The third-order valence-electron chi connectivity index (χ3n) is 2.01. The van der Waals surface area contributed by atoms with Crippen LogP contribution in [0.1, 0.15) is 19.3 Å². The second kappa shape index (κ2) is 6.97. The molecule has 0 radical (unpaired) electrons. The molecule has 1 aromatic rings. The van der Waals surface area contributed by atoms with Gasteiger partial charge in [-0.1, -0.05) is 36.4 Å². The number of benzene rings is 1. The van der Waals surface area contributed by atoms with Crippen LogP contribution < -0.4 is 24.6 Å². The van der Waals surface area contributed by atoms with Gasteiger partial charge in [-0.25, -0.2) is 0 Å². The normalized spacial score (nSPS) is 11.5. The molecule has 0 aliphatic carbocycles. The molecule has 0 aromatic heterocycles. The topological polar surface area (TPSA) is 26.0 Å². The molecule has 13 heavy (non-hydrogen) atoms. The van der Waals surface area contributed by atoms with Crippen molar-refractivity contribution in [3.8, 4) is 0 Å². The van der Waals surface area contributed by atoms with Crippen molar-refractivity contribution in [3.05, 3.63) is 48.6 Å². The number of nitrogens with two attached hydrogens (primary N) is 1. The van der Waals surface area contributed by atoms with Gasteiger partial charge in [-0.05, 0) is 24.4 Å². The fourth-order valence-electron chi connectivity index (χ4n) is 1.29. The molecule has 0 bridgehead atoms. The molecule has 2 N–H and O–H groups in total. The summed E-state index contributed by atoms with van der Waals surface area (Å²) in [6.07, 6.45) is 2.88. The molecule has 1 aromatic carbocycles. The number of rotatable bonds is 4. The Balaban J connectivity index is 0. The predicted octanol–water partition coefficient (Wildman–Crippen LogP) is -0.578. The zero-order valence-electron chi connectivity index (χ0n) is 9.24. The number of allylic oxidation sites excluding steroid dienone is 1. The van der Waals surface area contributed by atoms with Crippen LogP contribution in [-0.2, 0) is 0 Å². The van der Waals surface area contributed by atoms with Crippen LogP contribution in [0, 0.1) is 0 Å². The minimum Gasteiger partial charge on any atom is -1.00 e. The van der Waals surface area contributed by atoms with Gasteiger partial charge in [0.2, 0.25) is 0 Å². The Kier molecular flexibility index (Phi) is 6.71. The largest absolute Gasteiger partial charge is 1.00 e. The standard InChI is InChI=1S/C11H15N.Li.H/c1-2-6-11(9-12)10-7-4-3-5-8-10;;/h2-5,7-8,11H,1,6,9,12H2;;/q;+1;-1/t11-;;/m1../s1. The summed E-state index contributed by atoms with van der Waals surface area (Å²) < 4.78 is 0. The average Bonchev–Trinajstić information content (AvgIpc) is 2.15. The van der Waals surface area contributed by atoms with Gasteiger partial charge in [-0.2, -0.15) is 0 Å².